The van der Waals surface area contributed by atoms with Crippen LogP contribution in [-0.2, 0) is 11.2 Å². The Morgan fingerprint density at radius 2 is 2.25 bits per heavy atom. The van der Waals surface area contributed by atoms with Gasteiger partial charge in [0, 0.05) is 19.0 Å². The standard InChI is InChI=1S/C12H16ClNOS/c13-8-10-1-4-14(5-2-10)12(15)7-11-3-6-16-9-11/h3,6,9-10H,1-2,4-5,7-8H2. The monoisotopic (exact) mass is 257 g/mol. The zero-order chi connectivity index (χ0) is 11.4. The molecule has 0 N–H and O–H groups in total. The molecule has 2 nitrogen and oxygen atoms in total. The van der Waals surface area contributed by atoms with E-state index in [1.807, 2.05) is 21.7 Å². The fourth-order valence-corrected chi connectivity index (χ4v) is 2.99. The number of hydrogen-bond donors (Lipinski definition) is 0. The minimum atomic E-state index is 0.256. The number of halogens is 1. The maximum absolute atomic E-state index is 12.0. The van der Waals surface area contributed by atoms with Crippen molar-refractivity contribution < 1.29 is 4.79 Å². The summed E-state index contributed by atoms with van der Waals surface area (Å²) in [7, 11) is 0. The van der Waals surface area contributed by atoms with Gasteiger partial charge in [0.15, 0.2) is 0 Å². The summed E-state index contributed by atoms with van der Waals surface area (Å²) in [5, 5.41) is 4.06. The second-order valence-electron chi connectivity index (χ2n) is 4.29. The molecular weight excluding hydrogens is 242 g/mol. The summed E-state index contributed by atoms with van der Waals surface area (Å²) < 4.78 is 0. The second-order valence-corrected chi connectivity index (χ2v) is 5.38. The lowest BCUT2D eigenvalue weighted by Gasteiger charge is -2.31. The summed E-state index contributed by atoms with van der Waals surface area (Å²) in [4.78, 5) is 13.9. The minimum absolute atomic E-state index is 0.256. The number of likely N-dealkylation sites (tertiary alicyclic amines) is 1. The number of amides is 1. The Bertz CT molecular complexity index is 331. The van der Waals surface area contributed by atoms with Crippen molar-refractivity contribution in [1.29, 1.82) is 0 Å². The largest absolute Gasteiger partial charge is 0.342 e. The zero-order valence-corrected chi connectivity index (χ0v) is 10.8. The van der Waals surface area contributed by atoms with Gasteiger partial charge in [0.1, 0.15) is 0 Å². The summed E-state index contributed by atoms with van der Waals surface area (Å²) >= 11 is 7.46. The predicted molar refractivity (Wildman–Crippen MR) is 68.0 cm³/mol. The Labute approximate surface area is 105 Å². The van der Waals surface area contributed by atoms with Crippen LogP contribution >= 0.6 is 22.9 Å². The molecule has 0 aromatic carbocycles. The van der Waals surface area contributed by atoms with E-state index in [0.29, 0.717) is 12.3 Å². The molecule has 1 fully saturated rings. The van der Waals surface area contributed by atoms with E-state index in [0.717, 1.165) is 37.4 Å². The van der Waals surface area contributed by atoms with Gasteiger partial charge in [-0.25, -0.2) is 0 Å². The molecule has 88 valence electrons. The highest BCUT2D eigenvalue weighted by atomic mass is 35.5. The number of carbonyl (C=O) groups excluding carboxylic acids is 1. The van der Waals surface area contributed by atoms with E-state index in [-0.39, 0.29) is 5.91 Å². The number of alkyl halides is 1. The quantitative estimate of drug-likeness (QED) is 0.763. The van der Waals surface area contributed by atoms with Crippen LogP contribution in [0.2, 0.25) is 0 Å². The van der Waals surface area contributed by atoms with E-state index < -0.39 is 0 Å². The van der Waals surface area contributed by atoms with E-state index in [2.05, 4.69) is 0 Å². The van der Waals surface area contributed by atoms with Crippen LogP contribution in [0.5, 0.6) is 0 Å². The number of rotatable bonds is 3. The van der Waals surface area contributed by atoms with Crippen molar-refractivity contribution in [2.75, 3.05) is 19.0 Å². The van der Waals surface area contributed by atoms with Gasteiger partial charge in [0.2, 0.25) is 5.91 Å². The Kier molecular flexibility index (Phi) is 4.24. The van der Waals surface area contributed by atoms with Gasteiger partial charge >= 0.3 is 0 Å². The average molecular weight is 258 g/mol. The molecule has 0 bridgehead atoms. The Morgan fingerprint density at radius 3 is 2.81 bits per heavy atom. The van der Waals surface area contributed by atoms with Crippen LogP contribution in [0.1, 0.15) is 18.4 Å². The first kappa shape index (κ1) is 11.9. The van der Waals surface area contributed by atoms with E-state index in [9.17, 15) is 4.79 Å². The lowest BCUT2D eigenvalue weighted by Crippen LogP contribution is -2.39. The third-order valence-corrected chi connectivity index (χ3v) is 4.29. The molecule has 0 saturated carbocycles. The first-order valence-electron chi connectivity index (χ1n) is 5.64. The van der Waals surface area contributed by atoms with Crippen LogP contribution in [0.3, 0.4) is 0 Å². The Morgan fingerprint density at radius 1 is 1.50 bits per heavy atom. The van der Waals surface area contributed by atoms with Gasteiger partial charge in [-0.15, -0.1) is 11.6 Å². The van der Waals surface area contributed by atoms with E-state index in [4.69, 9.17) is 11.6 Å². The number of nitrogens with zero attached hydrogens (tertiary/aromatic N) is 1. The second kappa shape index (κ2) is 5.69. The topological polar surface area (TPSA) is 20.3 Å². The molecule has 0 atom stereocenters. The third-order valence-electron chi connectivity index (χ3n) is 3.12. The molecule has 1 aromatic heterocycles. The summed E-state index contributed by atoms with van der Waals surface area (Å²) in [6.07, 6.45) is 2.66. The molecule has 0 unspecified atom stereocenters. The fourth-order valence-electron chi connectivity index (χ4n) is 2.02. The van der Waals surface area contributed by atoms with Crippen molar-refractivity contribution in [2.45, 2.75) is 19.3 Å². The Balaban J connectivity index is 1.82. The zero-order valence-electron chi connectivity index (χ0n) is 9.19. The molecule has 1 amide bonds. The van der Waals surface area contributed by atoms with E-state index in [1.165, 1.54) is 0 Å². The highest BCUT2D eigenvalue weighted by molar-refractivity contribution is 7.07. The minimum Gasteiger partial charge on any atom is -0.342 e. The van der Waals surface area contributed by atoms with Crippen molar-refractivity contribution in [3.8, 4) is 0 Å². The van der Waals surface area contributed by atoms with Gasteiger partial charge in [-0.3, -0.25) is 4.79 Å². The predicted octanol–water partition coefficient (Wildman–Crippen LogP) is 2.77. The van der Waals surface area contributed by atoms with E-state index in [1.54, 1.807) is 11.3 Å². The smallest absolute Gasteiger partial charge is 0.227 e. The molecular formula is C12H16ClNOS. The first-order chi connectivity index (χ1) is 7.79. The van der Waals surface area contributed by atoms with Crippen molar-refractivity contribution in [1.82, 2.24) is 4.90 Å². The summed E-state index contributed by atoms with van der Waals surface area (Å²) in [6, 6.07) is 2.02. The molecule has 1 saturated heterocycles. The molecule has 1 aliphatic heterocycles. The Hall–Kier alpha value is -0.540. The van der Waals surface area contributed by atoms with Crippen molar-refractivity contribution in [2.24, 2.45) is 5.92 Å². The van der Waals surface area contributed by atoms with Gasteiger partial charge in [0.25, 0.3) is 0 Å². The van der Waals surface area contributed by atoms with Gasteiger partial charge in [-0.1, -0.05) is 0 Å². The van der Waals surface area contributed by atoms with Crippen LogP contribution in [0.4, 0.5) is 0 Å². The molecule has 0 aliphatic carbocycles. The third kappa shape index (κ3) is 2.98. The summed E-state index contributed by atoms with van der Waals surface area (Å²) in [5.74, 6) is 1.59. The highest BCUT2D eigenvalue weighted by Crippen LogP contribution is 2.19. The number of carbonyl (C=O) groups is 1. The van der Waals surface area contributed by atoms with Gasteiger partial charge in [-0.2, -0.15) is 11.3 Å². The lowest BCUT2D eigenvalue weighted by atomic mass is 9.98. The normalized spacial score (nSPS) is 17.7. The molecule has 4 heteroatoms. The fraction of sp³-hybridized carbons (Fsp3) is 0.583. The van der Waals surface area contributed by atoms with Crippen LogP contribution in [0, 0.1) is 5.92 Å². The van der Waals surface area contributed by atoms with Crippen LogP contribution in [-0.4, -0.2) is 29.8 Å². The van der Waals surface area contributed by atoms with Crippen molar-refractivity contribution >= 4 is 28.8 Å². The molecule has 1 aromatic rings. The maximum Gasteiger partial charge on any atom is 0.227 e. The molecule has 0 spiro atoms. The summed E-state index contributed by atoms with van der Waals surface area (Å²) in [5.41, 5.74) is 1.13. The van der Waals surface area contributed by atoms with Crippen LogP contribution < -0.4 is 0 Å². The van der Waals surface area contributed by atoms with Gasteiger partial charge < -0.3 is 4.90 Å². The van der Waals surface area contributed by atoms with Crippen LogP contribution in [0.15, 0.2) is 16.8 Å². The molecule has 0 radical (unpaired) electrons. The van der Waals surface area contributed by atoms with Crippen molar-refractivity contribution in [3.05, 3.63) is 22.4 Å². The molecule has 2 rings (SSSR count). The van der Waals surface area contributed by atoms with Gasteiger partial charge in [-0.05, 0) is 41.1 Å². The van der Waals surface area contributed by atoms with Crippen molar-refractivity contribution in [3.63, 3.8) is 0 Å². The van der Waals surface area contributed by atoms with Crippen LogP contribution in [0.25, 0.3) is 0 Å². The maximum atomic E-state index is 12.0. The van der Waals surface area contributed by atoms with E-state index >= 15 is 0 Å². The molecule has 1 aliphatic rings. The highest BCUT2D eigenvalue weighted by Gasteiger charge is 2.22. The molecule has 2 heterocycles. The summed E-state index contributed by atoms with van der Waals surface area (Å²) in [6.45, 7) is 1.75. The average Bonchev–Trinajstić information content (AvgIpc) is 2.82. The van der Waals surface area contributed by atoms with Gasteiger partial charge in [0.05, 0.1) is 6.42 Å². The lowest BCUT2D eigenvalue weighted by molar-refractivity contribution is -0.131. The first-order valence-corrected chi connectivity index (χ1v) is 7.12. The SMILES string of the molecule is O=C(Cc1ccsc1)N1CCC(CCl)CC1. The number of thiophene rings is 1. The number of hydrogen-bond acceptors (Lipinski definition) is 2. The number of piperidine rings is 1. The molecule has 16 heavy (non-hydrogen) atoms.